The molecule has 88 valence electrons. The van der Waals surface area contributed by atoms with Crippen LogP contribution in [0, 0.1) is 11.3 Å². The van der Waals surface area contributed by atoms with Gasteiger partial charge in [-0.1, -0.05) is 27.7 Å². The molecule has 0 spiro atoms. The maximum absolute atomic E-state index is 12.2. The van der Waals surface area contributed by atoms with Gasteiger partial charge in [0.15, 0.2) is 0 Å². The number of aliphatic hydroxyl groups is 1. The molecule has 15 heavy (non-hydrogen) atoms. The van der Waals surface area contributed by atoms with E-state index < -0.39 is 0 Å². The van der Waals surface area contributed by atoms with E-state index in [-0.39, 0.29) is 24.0 Å². The standard InChI is InChI=1S/C12H23NO2/c1-5-12(3,4)11(15)13-7-6-9(2)10(13)8-14/h9-10,14H,5-8H2,1-4H3. The zero-order chi connectivity index (χ0) is 11.6. The van der Waals surface area contributed by atoms with Gasteiger partial charge in [-0.05, 0) is 18.8 Å². The molecule has 1 amide bonds. The molecule has 0 saturated carbocycles. The number of rotatable bonds is 3. The first-order chi connectivity index (χ1) is 6.94. The van der Waals surface area contributed by atoms with E-state index in [1.54, 1.807) is 0 Å². The largest absolute Gasteiger partial charge is 0.394 e. The maximum Gasteiger partial charge on any atom is 0.228 e. The Hall–Kier alpha value is -0.570. The summed E-state index contributed by atoms with van der Waals surface area (Å²) in [6.45, 7) is 8.99. The fraction of sp³-hybridized carbons (Fsp3) is 0.917. The second-order valence-electron chi connectivity index (χ2n) is 5.25. The van der Waals surface area contributed by atoms with E-state index >= 15 is 0 Å². The molecule has 3 heteroatoms. The number of nitrogens with zero attached hydrogens (tertiary/aromatic N) is 1. The summed E-state index contributed by atoms with van der Waals surface area (Å²) in [4.78, 5) is 14.1. The Balaban J connectivity index is 2.76. The lowest BCUT2D eigenvalue weighted by Gasteiger charge is -2.32. The number of carbonyl (C=O) groups is 1. The summed E-state index contributed by atoms with van der Waals surface area (Å²) >= 11 is 0. The van der Waals surface area contributed by atoms with E-state index in [4.69, 9.17) is 0 Å². The molecule has 3 nitrogen and oxygen atoms in total. The lowest BCUT2D eigenvalue weighted by Crippen LogP contribution is -2.46. The molecule has 2 atom stereocenters. The van der Waals surface area contributed by atoms with Crippen molar-refractivity contribution in [1.82, 2.24) is 4.90 Å². The minimum atomic E-state index is -0.294. The number of aliphatic hydroxyl groups excluding tert-OH is 1. The van der Waals surface area contributed by atoms with Crippen molar-refractivity contribution in [3.05, 3.63) is 0 Å². The van der Waals surface area contributed by atoms with Gasteiger partial charge in [0.25, 0.3) is 0 Å². The summed E-state index contributed by atoms with van der Waals surface area (Å²) in [7, 11) is 0. The Morgan fingerprint density at radius 2 is 2.13 bits per heavy atom. The molecule has 1 rings (SSSR count). The smallest absolute Gasteiger partial charge is 0.228 e. The van der Waals surface area contributed by atoms with Gasteiger partial charge in [0, 0.05) is 12.0 Å². The quantitative estimate of drug-likeness (QED) is 0.774. The highest BCUT2D eigenvalue weighted by atomic mass is 16.3. The Morgan fingerprint density at radius 1 is 1.53 bits per heavy atom. The molecular formula is C12H23NO2. The normalized spacial score (nSPS) is 27.1. The molecule has 1 aliphatic rings. The molecule has 1 saturated heterocycles. The first-order valence-corrected chi connectivity index (χ1v) is 5.86. The topological polar surface area (TPSA) is 40.5 Å². The van der Waals surface area contributed by atoms with E-state index in [1.807, 2.05) is 25.7 Å². The zero-order valence-corrected chi connectivity index (χ0v) is 10.3. The van der Waals surface area contributed by atoms with Crippen LogP contribution in [0.15, 0.2) is 0 Å². The Labute approximate surface area is 92.5 Å². The lowest BCUT2D eigenvalue weighted by atomic mass is 9.88. The van der Waals surface area contributed by atoms with Crippen molar-refractivity contribution in [1.29, 1.82) is 0 Å². The molecule has 0 aliphatic carbocycles. The molecule has 0 aromatic heterocycles. The average molecular weight is 213 g/mol. The van der Waals surface area contributed by atoms with E-state index in [0.29, 0.717) is 5.92 Å². The summed E-state index contributed by atoms with van der Waals surface area (Å²) in [5.41, 5.74) is -0.294. The third-order valence-electron chi connectivity index (χ3n) is 3.79. The van der Waals surface area contributed by atoms with Crippen molar-refractivity contribution in [3.63, 3.8) is 0 Å². The lowest BCUT2D eigenvalue weighted by molar-refractivity contribution is -0.142. The van der Waals surface area contributed by atoms with Crippen LogP contribution in [0.3, 0.4) is 0 Å². The number of likely N-dealkylation sites (tertiary alicyclic amines) is 1. The molecule has 1 heterocycles. The van der Waals surface area contributed by atoms with Gasteiger partial charge in [-0.2, -0.15) is 0 Å². The number of hydrogen-bond donors (Lipinski definition) is 1. The average Bonchev–Trinajstić information content (AvgIpc) is 2.58. The van der Waals surface area contributed by atoms with Crippen LogP contribution in [0.25, 0.3) is 0 Å². The van der Waals surface area contributed by atoms with Crippen molar-refractivity contribution in [3.8, 4) is 0 Å². The molecule has 1 N–H and O–H groups in total. The third-order valence-corrected chi connectivity index (χ3v) is 3.79. The van der Waals surface area contributed by atoms with Crippen LogP contribution in [-0.4, -0.2) is 35.1 Å². The van der Waals surface area contributed by atoms with Crippen LogP contribution in [0.2, 0.25) is 0 Å². The molecule has 1 aliphatic heterocycles. The number of amides is 1. The van der Waals surface area contributed by atoms with Gasteiger partial charge in [0.2, 0.25) is 5.91 Å². The highest BCUT2D eigenvalue weighted by molar-refractivity contribution is 5.82. The van der Waals surface area contributed by atoms with Crippen molar-refractivity contribution in [2.45, 2.75) is 46.6 Å². The van der Waals surface area contributed by atoms with Crippen molar-refractivity contribution in [2.24, 2.45) is 11.3 Å². The SMILES string of the molecule is CCC(C)(C)C(=O)N1CCC(C)C1CO. The van der Waals surface area contributed by atoms with Crippen molar-refractivity contribution < 1.29 is 9.90 Å². The molecular weight excluding hydrogens is 190 g/mol. The minimum absolute atomic E-state index is 0.0309. The Kier molecular flexibility index (Phi) is 3.77. The highest BCUT2D eigenvalue weighted by Gasteiger charge is 2.39. The molecule has 0 aromatic carbocycles. The Bertz CT molecular complexity index is 238. The third kappa shape index (κ3) is 2.33. The molecule has 0 radical (unpaired) electrons. The van der Waals surface area contributed by atoms with Gasteiger partial charge < -0.3 is 10.0 Å². The predicted molar refractivity (Wildman–Crippen MR) is 60.4 cm³/mol. The van der Waals surface area contributed by atoms with Crippen LogP contribution in [-0.2, 0) is 4.79 Å². The summed E-state index contributed by atoms with van der Waals surface area (Å²) in [5, 5.41) is 9.30. The van der Waals surface area contributed by atoms with E-state index in [9.17, 15) is 9.90 Å². The van der Waals surface area contributed by atoms with Crippen molar-refractivity contribution in [2.75, 3.05) is 13.2 Å². The van der Waals surface area contributed by atoms with Crippen LogP contribution in [0.4, 0.5) is 0 Å². The first kappa shape index (κ1) is 12.5. The minimum Gasteiger partial charge on any atom is -0.394 e. The summed E-state index contributed by atoms with van der Waals surface area (Å²) < 4.78 is 0. The highest BCUT2D eigenvalue weighted by Crippen LogP contribution is 2.30. The number of carbonyl (C=O) groups excluding carboxylic acids is 1. The van der Waals surface area contributed by atoms with Crippen LogP contribution in [0.1, 0.15) is 40.5 Å². The van der Waals surface area contributed by atoms with E-state index in [2.05, 4.69) is 6.92 Å². The van der Waals surface area contributed by atoms with Gasteiger partial charge in [-0.3, -0.25) is 4.79 Å². The second kappa shape index (κ2) is 4.52. The Morgan fingerprint density at radius 3 is 2.60 bits per heavy atom. The zero-order valence-electron chi connectivity index (χ0n) is 10.3. The van der Waals surface area contributed by atoms with Crippen molar-refractivity contribution >= 4 is 5.91 Å². The maximum atomic E-state index is 12.2. The summed E-state index contributed by atoms with van der Waals surface area (Å²) in [5.74, 6) is 0.611. The monoisotopic (exact) mass is 213 g/mol. The second-order valence-corrected chi connectivity index (χ2v) is 5.25. The van der Waals surface area contributed by atoms with E-state index in [1.165, 1.54) is 0 Å². The molecule has 0 bridgehead atoms. The van der Waals surface area contributed by atoms with Gasteiger partial charge >= 0.3 is 0 Å². The molecule has 2 unspecified atom stereocenters. The van der Waals surface area contributed by atoms with Crippen LogP contribution < -0.4 is 0 Å². The molecule has 1 fully saturated rings. The van der Waals surface area contributed by atoms with Crippen LogP contribution in [0.5, 0.6) is 0 Å². The van der Waals surface area contributed by atoms with Crippen LogP contribution >= 0.6 is 0 Å². The summed E-state index contributed by atoms with van der Waals surface area (Å²) in [6.07, 6.45) is 1.85. The van der Waals surface area contributed by atoms with Gasteiger partial charge in [-0.25, -0.2) is 0 Å². The first-order valence-electron chi connectivity index (χ1n) is 5.86. The van der Waals surface area contributed by atoms with Gasteiger partial charge in [-0.15, -0.1) is 0 Å². The fourth-order valence-electron chi connectivity index (χ4n) is 2.08. The van der Waals surface area contributed by atoms with E-state index in [0.717, 1.165) is 19.4 Å². The number of hydrogen-bond acceptors (Lipinski definition) is 2. The van der Waals surface area contributed by atoms with Gasteiger partial charge in [0.1, 0.15) is 0 Å². The van der Waals surface area contributed by atoms with Gasteiger partial charge in [0.05, 0.1) is 12.6 Å². The predicted octanol–water partition coefficient (Wildman–Crippen LogP) is 1.65. The molecule has 0 aromatic rings. The summed E-state index contributed by atoms with van der Waals surface area (Å²) in [6, 6.07) is 0.0309. The fourth-order valence-corrected chi connectivity index (χ4v) is 2.08.